The van der Waals surface area contributed by atoms with E-state index < -0.39 is 6.10 Å². The highest BCUT2D eigenvalue weighted by molar-refractivity contribution is 5.71. The molecule has 0 aromatic rings. The largest absolute Gasteiger partial charge is 0.462 e. The molecule has 0 amide bonds. The Morgan fingerprint density at radius 2 is 0.506 bits per heavy atom. The Morgan fingerprint density at radius 1 is 0.259 bits per heavy atom. The Kier molecular flexibility index (Phi) is 65.2. The van der Waals surface area contributed by atoms with Crippen molar-refractivity contribution in [3.8, 4) is 0 Å². The predicted octanol–water partition coefficient (Wildman–Crippen LogP) is 23.8. The number of allylic oxidation sites excluding steroid dienone is 18. The van der Waals surface area contributed by atoms with Gasteiger partial charge in [-0.3, -0.25) is 14.4 Å². The SMILES string of the molecule is CC/C=C\C/C=C\C/C=C\C/C=C\C/C=C\C/C=C\C/C=C\CCCCCCCCCC(=O)OCC(COC(=O)CCCCCCC/C=C\C/C=C\CCC)OC(=O)CCCCCCCCCCCCCCCCCCCCCCC. The van der Waals surface area contributed by atoms with E-state index in [-0.39, 0.29) is 31.1 Å². The first kappa shape index (κ1) is 77.1. The van der Waals surface area contributed by atoms with Gasteiger partial charge in [-0.1, -0.05) is 316 Å². The second kappa shape index (κ2) is 68.6. The van der Waals surface area contributed by atoms with Gasteiger partial charge in [-0.05, 0) is 103 Å². The van der Waals surface area contributed by atoms with Crippen LogP contribution in [0.4, 0.5) is 0 Å². The van der Waals surface area contributed by atoms with E-state index in [1.807, 2.05) is 0 Å². The Bertz CT molecular complexity index is 1620. The standard InChI is InChI=1S/C75H128O6/c1-4-7-10-13-16-19-22-25-27-29-31-33-34-35-36-37-38-39-40-42-43-45-47-50-53-56-59-62-65-68-74(77)80-71-72(70-79-73(76)67-64-61-58-55-52-49-24-21-18-15-12-9-6-3)81-75(78)69-66-63-60-57-54-51-48-46-44-41-32-30-28-26-23-20-17-14-11-8-5-2/h7,10,12,15-16,19,21,24-25,27,31,33,35-36,38-39,42-43,72H,4-6,8-9,11,13-14,17-18,20,22-23,26,28-30,32,34,37,40-41,44-71H2,1-3H3/b10-7-,15-12-,19-16-,24-21-,27-25-,33-31-,36-35-,39-38-,43-42-. The van der Waals surface area contributed by atoms with Crippen LogP contribution in [0.2, 0.25) is 0 Å². The van der Waals surface area contributed by atoms with Gasteiger partial charge < -0.3 is 14.2 Å². The van der Waals surface area contributed by atoms with Crippen molar-refractivity contribution in [1.29, 1.82) is 0 Å². The van der Waals surface area contributed by atoms with E-state index in [0.29, 0.717) is 19.3 Å². The summed E-state index contributed by atoms with van der Waals surface area (Å²) in [6.45, 7) is 6.48. The number of carbonyl (C=O) groups is 3. The fourth-order valence-corrected chi connectivity index (χ4v) is 9.64. The molecule has 0 N–H and O–H groups in total. The van der Waals surface area contributed by atoms with Gasteiger partial charge in [0.05, 0.1) is 0 Å². The van der Waals surface area contributed by atoms with Crippen molar-refractivity contribution in [2.75, 3.05) is 13.2 Å². The Balaban J connectivity index is 4.32. The van der Waals surface area contributed by atoms with Crippen LogP contribution in [0.5, 0.6) is 0 Å². The quantitative estimate of drug-likeness (QED) is 0.0261. The fourth-order valence-electron chi connectivity index (χ4n) is 9.64. The minimum atomic E-state index is -0.790. The van der Waals surface area contributed by atoms with Crippen molar-refractivity contribution >= 4 is 17.9 Å². The molecule has 0 aromatic carbocycles. The molecule has 0 bridgehead atoms. The van der Waals surface area contributed by atoms with Crippen LogP contribution in [0.15, 0.2) is 109 Å². The van der Waals surface area contributed by atoms with Crippen molar-refractivity contribution in [1.82, 2.24) is 0 Å². The number of hydrogen-bond acceptors (Lipinski definition) is 6. The summed E-state index contributed by atoms with van der Waals surface area (Å²) in [6, 6.07) is 0. The van der Waals surface area contributed by atoms with Crippen molar-refractivity contribution in [3.05, 3.63) is 109 Å². The number of hydrogen-bond donors (Lipinski definition) is 0. The van der Waals surface area contributed by atoms with Gasteiger partial charge in [0.2, 0.25) is 0 Å². The Labute approximate surface area is 501 Å². The molecule has 6 heteroatoms. The molecule has 0 saturated carbocycles. The van der Waals surface area contributed by atoms with Gasteiger partial charge in [-0.25, -0.2) is 0 Å². The zero-order valence-electron chi connectivity index (χ0n) is 53.3. The molecule has 0 rings (SSSR count). The summed E-state index contributed by atoms with van der Waals surface area (Å²) in [6.07, 6.45) is 93.9. The van der Waals surface area contributed by atoms with Gasteiger partial charge >= 0.3 is 17.9 Å². The minimum absolute atomic E-state index is 0.0868. The number of unbranched alkanes of at least 4 members (excludes halogenated alkanes) is 33. The first-order chi connectivity index (χ1) is 40.0. The number of carbonyl (C=O) groups excluding carboxylic acids is 3. The average Bonchev–Trinajstić information content (AvgIpc) is 3.46. The van der Waals surface area contributed by atoms with Crippen molar-refractivity contribution < 1.29 is 28.6 Å². The highest BCUT2D eigenvalue weighted by Gasteiger charge is 2.19. The van der Waals surface area contributed by atoms with E-state index >= 15 is 0 Å². The van der Waals surface area contributed by atoms with E-state index in [1.165, 1.54) is 148 Å². The van der Waals surface area contributed by atoms with Gasteiger partial charge in [0.25, 0.3) is 0 Å². The van der Waals surface area contributed by atoms with E-state index in [9.17, 15) is 14.4 Å². The van der Waals surface area contributed by atoms with Crippen LogP contribution < -0.4 is 0 Å². The molecule has 0 aliphatic heterocycles. The molecule has 0 spiro atoms. The third-order valence-corrected chi connectivity index (χ3v) is 14.7. The highest BCUT2D eigenvalue weighted by Crippen LogP contribution is 2.17. The van der Waals surface area contributed by atoms with E-state index in [0.717, 1.165) is 141 Å². The summed E-state index contributed by atoms with van der Waals surface area (Å²) < 4.78 is 16.9. The molecule has 0 fully saturated rings. The fraction of sp³-hybridized carbons (Fsp3) is 0.720. The summed E-state index contributed by atoms with van der Waals surface area (Å²) in [5.74, 6) is -0.898. The normalized spacial score (nSPS) is 12.8. The van der Waals surface area contributed by atoms with Gasteiger partial charge in [0.1, 0.15) is 13.2 Å². The van der Waals surface area contributed by atoms with Crippen LogP contribution >= 0.6 is 0 Å². The van der Waals surface area contributed by atoms with Crippen LogP contribution in [0.25, 0.3) is 0 Å². The second-order valence-electron chi connectivity index (χ2n) is 22.7. The molecule has 0 aromatic heterocycles. The lowest BCUT2D eigenvalue weighted by atomic mass is 10.0. The van der Waals surface area contributed by atoms with Crippen molar-refractivity contribution in [3.63, 3.8) is 0 Å². The van der Waals surface area contributed by atoms with Crippen LogP contribution in [-0.2, 0) is 28.6 Å². The predicted molar refractivity (Wildman–Crippen MR) is 353 cm³/mol. The first-order valence-corrected chi connectivity index (χ1v) is 34.4. The summed E-state index contributed by atoms with van der Waals surface area (Å²) in [4.78, 5) is 38.4. The van der Waals surface area contributed by atoms with Gasteiger partial charge in [-0.2, -0.15) is 0 Å². The van der Waals surface area contributed by atoms with E-state index in [1.54, 1.807) is 0 Å². The maximum Gasteiger partial charge on any atom is 0.306 e. The lowest BCUT2D eigenvalue weighted by molar-refractivity contribution is -0.167. The van der Waals surface area contributed by atoms with Gasteiger partial charge in [-0.15, -0.1) is 0 Å². The molecule has 1 unspecified atom stereocenters. The number of rotatable bonds is 62. The Morgan fingerprint density at radius 3 is 0.802 bits per heavy atom. The molecule has 81 heavy (non-hydrogen) atoms. The zero-order valence-corrected chi connectivity index (χ0v) is 53.3. The molecule has 0 aliphatic carbocycles. The second-order valence-corrected chi connectivity index (χ2v) is 22.7. The molecule has 464 valence electrons. The van der Waals surface area contributed by atoms with E-state index in [2.05, 4.69) is 130 Å². The maximum atomic E-state index is 12.9. The Hall–Kier alpha value is -3.93. The highest BCUT2D eigenvalue weighted by atomic mass is 16.6. The molecule has 0 heterocycles. The van der Waals surface area contributed by atoms with Crippen LogP contribution in [0.1, 0.15) is 329 Å². The van der Waals surface area contributed by atoms with Crippen LogP contribution in [0, 0.1) is 0 Å². The van der Waals surface area contributed by atoms with Gasteiger partial charge in [0, 0.05) is 19.3 Å². The molecule has 0 radical (unpaired) electrons. The average molecular weight is 1130 g/mol. The molecule has 0 saturated heterocycles. The summed E-state index contributed by atoms with van der Waals surface area (Å²) in [5.41, 5.74) is 0. The summed E-state index contributed by atoms with van der Waals surface area (Å²) >= 11 is 0. The maximum absolute atomic E-state index is 12.9. The van der Waals surface area contributed by atoms with Crippen molar-refractivity contribution in [2.45, 2.75) is 335 Å². The molecular formula is C75H128O6. The van der Waals surface area contributed by atoms with Crippen molar-refractivity contribution in [2.24, 2.45) is 0 Å². The molecular weight excluding hydrogens is 997 g/mol. The lowest BCUT2D eigenvalue weighted by Gasteiger charge is -2.18. The summed E-state index contributed by atoms with van der Waals surface area (Å²) in [7, 11) is 0. The first-order valence-electron chi connectivity index (χ1n) is 34.4. The van der Waals surface area contributed by atoms with Crippen LogP contribution in [0.3, 0.4) is 0 Å². The monoisotopic (exact) mass is 1120 g/mol. The van der Waals surface area contributed by atoms with E-state index in [4.69, 9.17) is 14.2 Å². The smallest absolute Gasteiger partial charge is 0.306 e. The molecule has 0 aliphatic rings. The summed E-state index contributed by atoms with van der Waals surface area (Å²) in [5, 5.41) is 0. The molecule has 1 atom stereocenters. The lowest BCUT2D eigenvalue weighted by Crippen LogP contribution is -2.30. The third kappa shape index (κ3) is 66.8. The number of ether oxygens (including phenoxy) is 3. The van der Waals surface area contributed by atoms with Gasteiger partial charge in [0.15, 0.2) is 6.10 Å². The number of esters is 3. The van der Waals surface area contributed by atoms with Crippen LogP contribution in [-0.4, -0.2) is 37.2 Å². The minimum Gasteiger partial charge on any atom is -0.462 e. The third-order valence-electron chi connectivity index (χ3n) is 14.7. The zero-order chi connectivity index (χ0) is 58.5. The topological polar surface area (TPSA) is 78.9 Å². The molecule has 6 nitrogen and oxygen atoms in total.